The summed E-state index contributed by atoms with van der Waals surface area (Å²) in [5.41, 5.74) is 7.87. The van der Waals surface area contributed by atoms with Gasteiger partial charge in [0.1, 0.15) is 11.9 Å². The highest BCUT2D eigenvalue weighted by atomic mass is 32.2. The van der Waals surface area contributed by atoms with Crippen molar-refractivity contribution < 1.29 is 8.60 Å². The highest BCUT2D eigenvalue weighted by molar-refractivity contribution is 7.84. The highest BCUT2D eigenvalue weighted by Crippen LogP contribution is 2.19. The van der Waals surface area contributed by atoms with Crippen LogP contribution in [0.25, 0.3) is 0 Å². The molecule has 1 unspecified atom stereocenters. The van der Waals surface area contributed by atoms with Crippen molar-refractivity contribution in [2.24, 2.45) is 0 Å². The maximum atomic E-state index is 13.2. The second-order valence-electron chi connectivity index (χ2n) is 4.43. The van der Waals surface area contributed by atoms with Gasteiger partial charge in [-0.05, 0) is 48.4 Å². The molecule has 0 fully saturated rings. The van der Waals surface area contributed by atoms with Crippen LogP contribution in [0.15, 0.2) is 41.3 Å². The smallest absolute Gasteiger partial charge is 0.140 e. The van der Waals surface area contributed by atoms with Gasteiger partial charge in [-0.15, -0.1) is 0 Å². The van der Waals surface area contributed by atoms with Crippen molar-refractivity contribution in [2.75, 3.05) is 5.73 Å². The molecule has 20 heavy (non-hydrogen) atoms. The standard InChI is InChI=1S/C15H13FN2OS/c1-10-6-13(3-5-15(10)18)20(19)9-11-2-4-14(16)12(7-11)8-17/h2-7H,9,18H2,1H3. The lowest BCUT2D eigenvalue weighted by Crippen LogP contribution is -1.99. The van der Waals surface area contributed by atoms with Crippen molar-refractivity contribution in [1.29, 1.82) is 5.26 Å². The van der Waals surface area contributed by atoms with Gasteiger partial charge in [0.15, 0.2) is 0 Å². The summed E-state index contributed by atoms with van der Waals surface area (Å²) in [5, 5.41) is 8.78. The number of nitriles is 1. The minimum absolute atomic E-state index is 0.0343. The number of halogens is 1. The van der Waals surface area contributed by atoms with Crippen molar-refractivity contribution in [3.63, 3.8) is 0 Å². The molecule has 5 heteroatoms. The van der Waals surface area contributed by atoms with Crippen molar-refractivity contribution >= 4 is 16.5 Å². The van der Waals surface area contributed by atoms with Gasteiger partial charge in [0, 0.05) is 10.6 Å². The minimum Gasteiger partial charge on any atom is -0.399 e. The number of rotatable bonds is 3. The minimum atomic E-state index is -1.26. The fourth-order valence-electron chi connectivity index (χ4n) is 1.77. The maximum absolute atomic E-state index is 13.2. The summed E-state index contributed by atoms with van der Waals surface area (Å²) in [6.45, 7) is 1.85. The van der Waals surface area contributed by atoms with E-state index >= 15 is 0 Å². The molecule has 2 aromatic rings. The zero-order valence-corrected chi connectivity index (χ0v) is 11.7. The molecule has 0 aromatic heterocycles. The average Bonchev–Trinajstić information content (AvgIpc) is 2.43. The zero-order chi connectivity index (χ0) is 14.7. The van der Waals surface area contributed by atoms with Gasteiger partial charge in [0.05, 0.1) is 22.1 Å². The molecular weight excluding hydrogens is 275 g/mol. The number of nitrogen functional groups attached to an aromatic ring is 1. The molecule has 0 aliphatic rings. The topological polar surface area (TPSA) is 66.9 Å². The van der Waals surface area contributed by atoms with Crippen LogP contribution in [0.5, 0.6) is 0 Å². The molecule has 3 nitrogen and oxygen atoms in total. The predicted molar refractivity (Wildman–Crippen MR) is 76.8 cm³/mol. The van der Waals surface area contributed by atoms with Crippen molar-refractivity contribution in [3.05, 3.63) is 58.9 Å². The molecule has 0 saturated carbocycles. The summed E-state index contributed by atoms with van der Waals surface area (Å²) in [7, 11) is -1.26. The summed E-state index contributed by atoms with van der Waals surface area (Å²) >= 11 is 0. The van der Waals surface area contributed by atoms with Crippen molar-refractivity contribution in [1.82, 2.24) is 0 Å². The summed E-state index contributed by atoms with van der Waals surface area (Å²) in [6, 6.07) is 11.2. The van der Waals surface area contributed by atoms with Gasteiger partial charge in [0.2, 0.25) is 0 Å². The van der Waals surface area contributed by atoms with Crippen LogP contribution >= 0.6 is 0 Å². The molecule has 0 heterocycles. The van der Waals surface area contributed by atoms with E-state index in [0.717, 1.165) is 5.56 Å². The fraction of sp³-hybridized carbons (Fsp3) is 0.133. The quantitative estimate of drug-likeness (QED) is 0.883. The number of nitrogens with two attached hydrogens (primary N) is 1. The van der Waals surface area contributed by atoms with Gasteiger partial charge >= 0.3 is 0 Å². The second-order valence-corrected chi connectivity index (χ2v) is 5.89. The van der Waals surface area contributed by atoms with Gasteiger partial charge in [-0.2, -0.15) is 5.26 Å². The zero-order valence-electron chi connectivity index (χ0n) is 10.9. The van der Waals surface area contributed by atoms with E-state index in [9.17, 15) is 8.60 Å². The Morgan fingerprint density at radius 1 is 1.30 bits per heavy atom. The maximum Gasteiger partial charge on any atom is 0.140 e. The normalized spacial score (nSPS) is 11.8. The molecule has 1 atom stereocenters. The molecule has 2 N–H and O–H groups in total. The molecule has 0 aliphatic heterocycles. The summed E-state index contributed by atoms with van der Waals surface area (Å²) in [6.07, 6.45) is 0. The van der Waals surface area contributed by atoms with Gasteiger partial charge in [-0.3, -0.25) is 4.21 Å². The van der Waals surface area contributed by atoms with E-state index in [0.29, 0.717) is 16.1 Å². The van der Waals surface area contributed by atoms with Gasteiger partial charge < -0.3 is 5.73 Å². The number of hydrogen-bond acceptors (Lipinski definition) is 3. The monoisotopic (exact) mass is 288 g/mol. The van der Waals surface area contributed by atoms with Crippen LogP contribution in [-0.4, -0.2) is 4.21 Å². The van der Waals surface area contributed by atoms with Gasteiger partial charge in [-0.25, -0.2) is 4.39 Å². The van der Waals surface area contributed by atoms with Crippen LogP contribution in [-0.2, 0) is 16.6 Å². The first kappa shape index (κ1) is 14.2. The van der Waals surface area contributed by atoms with E-state index < -0.39 is 16.6 Å². The van der Waals surface area contributed by atoms with Crippen LogP contribution in [0.3, 0.4) is 0 Å². The first-order chi connectivity index (χ1) is 9.51. The average molecular weight is 288 g/mol. The van der Waals surface area contributed by atoms with Crippen LogP contribution in [0.1, 0.15) is 16.7 Å². The molecule has 0 radical (unpaired) electrons. The van der Waals surface area contributed by atoms with Gasteiger partial charge in [0.25, 0.3) is 0 Å². The molecule has 0 spiro atoms. The largest absolute Gasteiger partial charge is 0.399 e. The Labute approximate surface area is 119 Å². The molecule has 2 aromatic carbocycles. The molecule has 2 rings (SSSR count). The molecule has 0 bridgehead atoms. The lowest BCUT2D eigenvalue weighted by molar-refractivity contribution is 0.623. The third-order valence-electron chi connectivity index (χ3n) is 2.95. The number of benzene rings is 2. The first-order valence-electron chi connectivity index (χ1n) is 5.94. The Morgan fingerprint density at radius 3 is 2.70 bits per heavy atom. The number of hydrogen-bond donors (Lipinski definition) is 1. The Bertz CT molecular complexity index is 722. The molecule has 0 amide bonds. The third-order valence-corrected chi connectivity index (χ3v) is 4.33. The Kier molecular flexibility index (Phi) is 4.16. The van der Waals surface area contributed by atoms with E-state index in [1.54, 1.807) is 24.3 Å². The van der Waals surface area contributed by atoms with Crippen LogP contribution in [0.2, 0.25) is 0 Å². The Balaban J connectivity index is 2.23. The summed E-state index contributed by atoms with van der Waals surface area (Å²) < 4.78 is 25.5. The molecule has 0 aliphatic carbocycles. The van der Waals surface area contributed by atoms with Gasteiger partial charge in [-0.1, -0.05) is 6.07 Å². The Hall–Kier alpha value is -2.19. The number of anilines is 1. The molecule has 0 saturated heterocycles. The molecule has 102 valence electrons. The van der Waals surface area contributed by atoms with Crippen LogP contribution in [0, 0.1) is 24.1 Å². The van der Waals surface area contributed by atoms with E-state index in [-0.39, 0.29) is 11.3 Å². The van der Waals surface area contributed by atoms with Crippen molar-refractivity contribution in [3.8, 4) is 6.07 Å². The number of aryl methyl sites for hydroxylation is 1. The van der Waals surface area contributed by atoms with Crippen molar-refractivity contribution in [2.45, 2.75) is 17.6 Å². The van der Waals surface area contributed by atoms with Crippen LogP contribution < -0.4 is 5.73 Å². The van der Waals surface area contributed by atoms with Crippen LogP contribution in [0.4, 0.5) is 10.1 Å². The van der Waals surface area contributed by atoms with E-state index in [4.69, 9.17) is 11.0 Å². The highest BCUT2D eigenvalue weighted by Gasteiger charge is 2.09. The lowest BCUT2D eigenvalue weighted by Gasteiger charge is -2.06. The van der Waals surface area contributed by atoms with E-state index in [2.05, 4.69) is 0 Å². The lowest BCUT2D eigenvalue weighted by atomic mass is 10.1. The number of nitrogens with zero attached hydrogens (tertiary/aromatic N) is 1. The summed E-state index contributed by atoms with van der Waals surface area (Å²) in [5.74, 6) is -0.330. The SMILES string of the molecule is Cc1cc(S(=O)Cc2ccc(F)c(C#N)c2)ccc1N. The van der Waals surface area contributed by atoms with E-state index in [1.807, 2.05) is 6.92 Å². The Morgan fingerprint density at radius 2 is 2.05 bits per heavy atom. The summed E-state index contributed by atoms with van der Waals surface area (Å²) in [4.78, 5) is 0.666. The van der Waals surface area contributed by atoms with E-state index in [1.165, 1.54) is 18.2 Å². The fourth-order valence-corrected chi connectivity index (χ4v) is 2.95. The molecular formula is C15H13FN2OS. The predicted octanol–water partition coefficient (Wildman–Crippen LogP) is 2.90. The second kappa shape index (κ2) is 5.85. The first-order valence-corrected chi connectivity index (χ1v) is 7.26. The third kappa shape index (κ3) is 3.03.